The summed E-state index contributed by atoms with van der Waals surface area (Å²) in [4.78, 5) is 0. The molecule has 1 rings (SSSR count). The van der Waals surface area contributed by atoms with E-state index in [9.17, 15) is 5.11 Å². The van der Waals surface area contributed by atoms with Crippen LogP contribution in [0.5, 0.6) is 0 Å². The molecule has 0 spiro atoms. The minimum atomic E-state index is -0.924. The molecule has 2 N–H and O–H groups in total. The van der Waals surface area contributed by atoms with Crippen molar-refractivity contribution in [3.8, 4) is 0 Å². The molecule has 84 valence electrons. The molecular formula is C11H22O3. The lowest BCUT2D eigenvalue weighted by Crippen LogP contribution is -2.39. The fraction of sp³-hybridized carbons (Fsp3) is 1.00. The Morgan fingerprint density at radius 1 is 1.57 bits per heavy atom. The van der Waals surface area contributed by atoms with E-state index in [0.29, 0.717) is 6.42 Å². The lowest BCUT2D eigenvalue weighted by molar-refractivity contribution is -0.253. The normalized spacial score (nSPS) is 35.6. The first-order valence-electron chi connectivity index (χ1n) is 5.60. The Hall–Kier alpha value is -0.120. The molecule has 1 fully saturated rings. The molecule has 1 aliphatic rings. The van der Waals surface area contributed by atoms with Gasteiger partial charge >= 0.3 is 0 Å². The van der Waals surface area contributed by atoms with Gasteiger partial charge < -0.3 is 14.9 Å². The van der Waals surface area contributed by atoms with Crippen LogP contribution in [0.4, 0.5) is 0 Å². The highest BCUT2D eigenvalue weighted by Gasteiger charge is 2.32. The standard InChI is InChI=1S/C11H22O3/c1-9(12)5-3-7-11(13)8-4-6-10(2)14-11/h9-10,12-13H,3-8H2,1-2H3/t9-,10-,11?/m0/s1. The van der Waals surface area contributed by atoms with Gasteiger partial charge in [-0.15, -0.1) is 0 Å². The van der Waals surface area contributed by atoms with Crippen LogP contribution in [0, 0.1) is 0 Å². The molecule has 3 nitrogen and oxygen atoms in total. The van der Waals surface area contributed by atoms with E-state index in [-0.39, 0.29) is 12.2 Å². The Labute approximate surface area is 86.1 Å². The minimum absolute atomic E-state index is 0.167. The number of hydrogen-bond donors (Lipinski definition) is 2. The number of rotatable bonds is 4. The van der Waals surface area contributed by atoms with Crippen molar-refractivity contribution in [3.63, 3.8) is 0 Å². The maximum atomic E-state index is 10.1. The molecular weight excluding hydrogens is 180 g/mol. The number of hydrogen-bond acceptors (Lipinski definition) is 3. The van der Waals surface area contributed by atoms with E-state index in [1.165, 1.54) is 0 Å². The van der Waals surface area contributed by atoms with Crippen molar-refractivity contribution >= 4 is 0 Å². The maximum Gasteiger partial charge on any atom is 0.165 e. The van der Waals surface area contributed by atoms with Crippen LogP contribution >= 0.6 is 0 Å². The van der Waals surface area contributed by atoms with Gasteiger partial charge in [-0.25, -0.2) is 0 Å². The van der Waals surface area contributed by atoms with E-state index in [1.807, 2.05) is 6.92 Å². The van der Waals surface area contributed by atoms with Crippen LogP contribution < -0.4 is 0 Å². The van der Waals surface area contributed by atoms with Gasteiger partial charge in [0.2, 0.25) is 0 Å². The molecule has 0 saturated carbocycles. The van der Waals surface area contributed by atoms with E-state index in [4.69, 9.17) is 9.84 Å². The number of aliphatic hydroxyl groups excluding tert-OH is 1. The van der Waals surface area contributed by atoms with E-state index in [0.717, 1.165) is 32.1 Å². The van der Waals surface area contributed by atoms with Gasteiger partial charge in [-0.3, -0.25) is 0 Å². The van der Waals surface area contributed by atoms with Crippen LogP contribution in [0.1, 0.15) is 52.4 Å². The molecule has 1 aliphatic heterocycles. The summed E-state index contributed by atoms with van der Waals surface area (Å²) in [7, 11) is 0. The summed E-state index contributed by atoms with van der Waals surface area (Å²) in [5.74, 6) is -0.924. The molecule has 0 aromatic heterocycles. The molecule has 1 unspecified atom stereocenters. The van der Waals surface area contributed by atoms with Gasteiger partial charge in [0.1, 0.15) is 0 Å². The van der Waals surface area contributed by atoms with Crippen LogP contribution in [0.25, 0.3) is 0 Å². The Morgan fingerprint density at radius 2 is 2.29 bits per heavy atom. The predicted molar refractivity (Wildman–Crippen MR) is 54.9 cm³/mol. The third-order valence-corrected chi connectivity index (χ3v) is 2.79. The Balaban J connectivity index is 2.26. The summed E-state index contributed by atoms with van der Waals surface area (Å²) in [5, 5.41) is 19.1. The first-order valence-corrected chi connectivity index (χ1v) is 5.60. The van der Waals surface area contributed by atoms with Crippen molar-refractivity contribution < 1.29 is 14.9 Å². The fourth-order valence-corrected chi connectivity index (χ4v) is 2.02. The van der Waals surface area contributed by atoms with Crippen molar-refractivity contribution in [3.05, 3.63) is 0 Å². The van der Waals surface area contributed by atoms with Gasteiger partial charge in [-0.1, -0.05) is 0 Å². The smallest absolute Gasteiger partial charge is 0.165 e. The Kier molecular flexibility index (Phi) is 4.35. The SMILES string of the molecule is C[C@H](O)CCCC1(O)CCC[C@H](C)O1. The Morgan fingerprint density at radius 3 is 2.86 bits per heavy atom. The molecule has 14 heavy (non-hydrogen) atoms. The first kappa shape index (κ1) is 12.0. The molecule has 0 radical (unpaired) electrons. The van der Waals surface area contributed by atoms with Crippen LogP contribution in [0.15, 0.2) is 0 Å². The number of aliphatic hydroxyl groups is 2. The summed E-state index contributed by atoms with van der Waals surface area (Å²) in [5.41, 5.74) is 0. The van der Waals surface area contributed by atoms with Gasteiger partial charge in [0, 0.05) is 12.8 Å². The van der Waals surface area contributed by atoms with Gasteiger partial charge in [0.25, 0.3) is 0 Å². The summed E-state index contributed by atoms with van der Waals surface area (Å²) in [6.45, 7) is 3.77. The highest BCUT2D eigenvalue weighted by atomic mass is 16.6. The second-order valence-corrected chi connectivity index (χ2v) is 4.51. The third-order valence-electron chi connectivity index (χ3n) is 2.79. The zero-order valence-electron chi connectivity index (χ0n) is 9.20. The zero-order chi connectivity index (χ0) is 10.6. The fourth-order valence-electron chi connectivity index (χ4n) is 2.02. The number of ether oxygens (including phenoxy) is 1. The van der Waals surface area contributed by atoms with Crippen molar-refractivity contribution in [2.45, 2.75) is 70.4 Å². The molecule has 1 saturated heterocycles. The average Bonchev–Trinajstić information content (AvgIpc) is 2.01. The van der Waals surface area contributed by atoms with E-state index < -0.39 is 5.79 Å². The van der Waals surface area contributed by atoms with Crippen LogP contribution in [0.3, 0.4) is 0 Å². The van der Waals surface area contributed by atoms with Gasteiger partial charge in [-0.05, 0) is 39.5 Å². The van der Waals surface area contributed by atoms with Crippen molar-refractivity contribution in [1.29, 1.82) is 0 Å². The maximum absolute atomic E-state index is 10.1. The molecule has 3 heteroatoms. The lowest BCUT2D eigenvalue weighted by atomic mass is 9.96. The van der Waals surface area contributed by atoms with E-state index in [2.05, 4.69) is 0 Å². The van der Waals surface area contributed by atoms with Crippen LogP contribution in [0.2, 0.25) is 0 Å². The second kappa shape index (κ2) is 5.10. The molecule has 0 aromatic carbocycles. The van der Waals surface area contributed by atoms with Gasteiger partial charge in [0.15, 0.2) is 5.79 Å². The summed E-state index contributed by atoms with van der Waals surface area (Å²) >= 11 is 0. The molecule has 0 amide bonds. The monoisotopic (exact) mass is 202 g/mol. The van der Waals surface area contributed by atoms with Crippen molar-refractivity contribution in [1.82, 2.24) is 0 Å². The van der Waals surface area contributed by atoms with Crippen LogP contribution in [-0.4, -0.2) is 28.2 Å². The Bertz CT molecular complexity index is 170. The molecule has 1 heterocycles. The highest BCUT2D eigenvalue weighted by Crippen LogP contribution is 2.30. The molecule has 0 aromatic rings. The topological polar surface area (TPSA) is 49.7 Å². The molecule has 0 aliphatic carbocycles. The summed E-state index contributed by atoms with van der Waals surface area (Å²) in [6.07, 6.45) is 4.89. The van der Waals surface area contributed by atoms with Crippen molar-refractivity contribution in [2.75, 3.05) is 0 Å². The molecule has 3 atom stereocenters. The van der Waals surface area contributed by atoms with Crippen LogP contribution in [-0.2, 0) is 4.74 Å². The largest absolute Gasteiger partial charge is 0.393 e. The highest BCUT2D eigenvalue weighted by molar-refractivity contribution is 4.75. The lowest BCUT2D eigenvalue weighted by Gasteiger charge is -2.36. The quantitative estimate of drug-likeness (QED) is 0.731. The minimum Gasteiger partial charge on any atom is -0.393 e. The summed E-state index contributed by atoms with van der Waals surface area (Å²) < 4.78 is 5.53. The van der Waals surface area contributed by atoms with E-state index in [1.54, 1.807) is 6.92 Å². The second-order valence-electron chi connectivity index (χ2n) is 4.51. The van der Waals surface area contributed by atoms with Gasteiger partial charge in [-0.2, -0.15) is 0 Å². The third kappa shape index (κ3) is 3.95. The molecule has 0 bridgehead atoms. The predicted octanol–water partition coefficient (Wildman–Crippen LogP) is 1.82. The van der Waals surface area contributed by atoms with Crippen molar-refractivity contribution in [2.24, 2.45) is 0 Å². The van der Waals surface area contributed by atoms with Gasteiger partial charge in [0.05, 0.1) is 12.2 Å². The van der Waals surface area contributed by atoms with E-state index >= 15 is 0 Å². The summed E-state index contributed by atoms with van der Waals surface area (Å²) in [6, 6.07) is 0. The zero-order valence-corrected chi connectivity index (χ0v) is 9.20. The first-order chi connectivity index (χ1) is 6.52. The average molecular weight is 202 g/mol.